The van der Waals surface area contributed by atoms with Crippen molar-refractivity contribution < 1.29 is 83.7 Å². The van der Waals surface area contributed by atoms with Crippen LogP contribution in [-0.4, -0.2) is 23.9 Å². The summed E-state index contributed by atoms with van der Waals surface area (Å²) in [5, 5.41) is 19.6. The topological polar surface area (TPSA) is 149 Å². The van der Waals surface area contributed by atoms with E-state index in [-0.39, 0.29) is 77.9 Å². The molecule has 0 heterocycles. The van der Waals surface area contributed by atoms with E-state index in [4.69, 9.17) is 11.5 Å². The van der Waals surface area contributed by atoms with Crippen molar-refractivity contribution in [3.63, 3.8) is 0 Å². The fraction of sp³-hybridized carbons (Fsp3) is 0.824. The predicted octanol–water partition coefficient (Wildman–Crippen LogP) is -6.01. The number of carbonyl (C=O) groups excluding carboxylic acids is 3. The maximum Gasteiger partial charge on any atom is 1.00 e. The van der Waals surface area contributed by atoms with Crippen molar-refractivity contribution in [1.29, 1.82) is 0 Å². The minimum Gasteiger partial charge on any atom is -0.550 e. The first-order chi connectivity index (χ1) is 11.3. The molecule has 4 N–H and O–H groups in total. The summed E-state index contributed by atoms with van der Waals surface area (Å²) >= 11 is 0. The predicted molar refractivity (Wildman–Crippen MR) is 88.3 cm³/mol. The number of amides is 1. The Kier molecular flexibility index (Phi) is 33.1. The van der Waals surface area contributed by atoms with Crippen LogP contribution in [0.15, 0.2) is 0 Å². The molecule has 1 atom stereocenters. The Bertz CT molecular complexity index is 358. The summed E-state index contributed by atoms with van der Waals surface area (Å²) in [6, 6.07) is -1.21. The van der Waals surface area contributed by atoms with Gasteiger partial charge in [-0.3, -0.25) is 4.79 Å². The third-order valence-corrected chi connectivity index (χ3v) is 3.49. The van der Waals surface area contributed by atoms with Crippen molar-refractivity contribution in [3.8, 4) is 0 Å². The maximum absolute atomic E-state index is 10.4. The summed E-state index contributed by atoms with van der Waals surface area (Å²) < 4.78 is 0. The van der Waals surface area contributed by atoms with E-state index in [0.717, 1.165) is 12.8 Å². The van der Waals surface area contributed by atoms with E-state index in [2.05, 4.69) is 6.92 Å². The second-order valence-electron chi connectivity index (χ2n) is 5.88. The van der Waals surface area contributed by atoms with Gasteiger partial charge in [-0.05, 0) is 19.3 Å². The Morgan fingerprint density at radius 2 is 1.23 bits per heavy atom. The monoisotopic (exact) mass is 390 g/mol. The van der Waals surface area contributed by atoms with E-state index in [1.807, 2.05) is 0 Å². The SMILES string of the molecule is CCCCCCCCCCCC(N)=O.N[C@@H](CCC(=O)[O-])C(=O)[O-].[Na+].[Na+]. The average Bonchev–Trinajstić information content (AvgIpc) is 2.51. The molecule has 26 heavy (non-hydrogen) atoms. The fourth-order valence-electron chi connectivity index (χ4n) is 2.00. The van der Waals surface area contributed by atoms with E-state index in [1.165, 1.54) is 44.9 Å². The van der Waals surface area contributed by atoms with Crippen LogP contribution in [0.2, 0.25) is 0 Å². The summed E-state index contributed by atoms with van der Waals surface area (Å²) in [4.78, 5) is 30.0. The van der Waals surface area contributed by atoms with Gasteiger partial charge in [0.05, 0.1) is 5.97 Å². The molecule has 9 heteroatoms. The number of unbranched alkanes of at least 4 members (excludes halogenated alkanes) is 8. The molecule has 0 aliphatic heterocycles. The molecule has 0 aliphatic rings. The molecule has 0 aromatic rings. The number of hydrogen-bond donors (Lipinski definition) is 2. The molecular formula is C17H32N2Na2O5. The Labute approximate surface area is 201 Å². The van der Waals surface area contributed by atoms with Gasteiger partial charge in [-0.15, -0.1) is 0 Å². The summed E-state index contributed by atoms with van der Waals surface area (Å²) in [6.07, 6.45) is 11.6. The molecule has 0 unspecified atom stereocenters. The normalized spacial score (nSPS) is 10.4. The molecule has 0 aromatic carbocycles. The van der Waals surface area contributed by atoms with Gasteiger partial charge in [0.1, 0.15) is 0 Å². The molecule has 0 bridgehead atoms. The largest absolute Gasteiger partial charge is 1.00 e. The number of primary amides is 1. The Morgan fingerprint density at radius 1 is 0.808 bits per heavy atom. The van der Waals surface area contributed by atoms with Gasteiger partial charge in [0.25, 0.3) is 0 Å². The summed E-state index contributed by atoms with van der Waals surface area (Å²) in [6.45, 7) is 2.24. The molecular weight excluding hydrogens is 358 g/mol. The van der Waals surface area contributed by atoms with Crippen LogP contribution in [0.5, 0.6) is 0 Å². The van der Waals surface area contributed by atoms with Gasteiger partial charge in [0.2, 0.25) is 5.91 Å². The Morgan fingerprint density at radius 3 is 1.58 bits per heavy atom. The number of carboxylic acids is 2. The van der Waals surface area contributed by atoms with E-state index < -0.39 is 18.0 Å². The zero-order valence-electron chi connectivity index (χ0n) is 16.8. The van der Waals surface area contributed by atoms with E-state index >= 15 is 0 Å². The van der Waals surface area contributed by atoms with Crippen molar-refractivity contribution >= 4 is 17.8 Å². The number of carboxylic acid groups (broad SMARTS) is 2. The number of carbonyl (C=O) groups is 3. The molecule has 0 aliphatic carbocycles. The van der Waals surface area contributed by atoms with Crippen LogP contribution >= 0.6 is 0 Å². The Balaban J connectivity index is -0.000000181. The van der Waals surface area contributed by atoms with E-state index in [0.29, 0.717) is 6.42 Å². The van der Waals surface area contributed by atoms with Crippen LogP contribution in [0.4, 0.5) is 0 Å². The van der Waals surface area contributed by atoms with Gasteiger partial charge in [0, 0.05) is 18.4 Å². The smallest absolute Gasteiger partial charge is 0.550 e. The summed E-state index contributed by atoms with van der Waals surface area (Å²) in [5.41, 5.74) is 9.96. The quantitative estimate of drug-likeness (QED) is 0.223. The van der Waals surface area contributed by atoms with E-state index in [1.54, 1.807) is 0 Å². The molecule has 0 radical (unpaired) electrons. The maximum atomic E-state index is 10.4. The molecule has 0 rings (SSSR count). The van der Waals surface area contributed by atoms with Crippen molar-refractivity contribution in [2.75, 3.05) is 0 Å². The second-order valence-corrected chi connectivity index (χ2v) is 5.88. The molecule has 0 saturated carbocycles. The van der Waals surface area contributed by atoms with Crippen molar-refractivity contribution in [1.82, 2.24) is 0 Å². The van der Waals surface area contributed by atoms with Crippen molar-refractivity contribution in [2.24, 2.45) is 11.5 Å². The number of aliphatic carboxylic acids is 2. The zero-order chi connectivity index (χ0) is 18.8. The summed E-state index contributed by atoms with van der Waals surface area (Å²) in [5.74, 6) is -2.91. The molecule has 0 fully saturated rings. The molecule has 0 saturated heterocycles. The Hall–Kier alpha value is 0.370. The number of rotatable bonds is 14. The van der Waals surface area contributed by atoms with Gasteiger partial charge < -0.3 is 31.3 Å². The molecule has 0 spiro atoms. The van der Waals surface area contributed by atoms with Gasteiger partial charge >= 0.3 is 59.1 Å². The first-order valence-electron chi connectivity index (χ1n) is 8.75. The van der Waals surface area contributed by atoms with E-state index in [9.17, 15) is 24.6 Å². The third-order valence-electron chi connectivity index (χ3n) is 3.49. The summed E-state index contributed by atoms with van der Waals surface area (Å²) in [7, 11) is 0. The second kappa shape index (κ2) is 25.4. The number of hydrogen-bond acceptors (Lipinski definition) is 6. The van der Waals surface area contributed by atoms with Crippen molar-refractivity contribution in [2.45, 2.75) is 90.0 Å². The van der Waals surface area contributed by atoms with Crippen LogP contribution in [0.1, 0.15) is 84.0 Å². The van der Waals surface area contributed by atoms with Crippen molar-refractivity contribution in [3.05, 3.63) is 0 Å². The van der Waals surface area contributed by atoms with Crippen LogP contribution in [0.25, 0.3) is 0 Å². The number of nitrogens with two attached hydrogens (primary N) is 2. The molecule has 0 aromatic heterocycles. The van der Waals surface area contributed by atoms with Crippen LogP contribution in [0.3, 0.4) is 0 Å². The van der Waals surface area contributed by atoms with Gasteiger partial charge in [-0.1, -0.05) is 58.3 Å². The minimum atomic E-state index is -1.44. The fourth-order valence-corrected chi connectivity index (χ4v) is 2.00. The van der Waals surface area contributed by atoms with Crippen LogP contribution in [0, 0.1) is 0 Å². The average molecular weight is 390 g/mol. The molecule has 1 amide bonds. The molecule has 142 valence electrons. The van der Waals surface area contributed by atoms with Gasteiger partial charge in [0.15, 0.2) is 0 Å². The first-order valence-corrected chi connectivity index (χ1v) is 8.75. The molecule has 7 nitrogen and oxygen atoms in total. The standard InChI is InChI=1S/C12H25NO.C5H9NO4.2Na/c1-2-3-4-5-6-7-8-9-10-11-12(13)14;6-3(5(9)10)1-2-4(7)8;;/h2-11H2,1H3,(H2,13,14);3H,1-2,6H2,(H,7,8)(H,9,10);;/q;;2*+1/p-2/t;3-;;/m.0../s1. The minimum absolute atomic E-state index is 0. The van der Waals surface area contributed by atoms with Crippen LogP contribution < -0.4 is 80.8 Å². The zero-order valence-corrected chi connectivity index (χ0v) is 20.8. The van der Waals surface area contributed by atoms with Gasteiger partial charge in [-0.25, -0.2) is 0 Å². The van der Waals surface area contributed by atoms with Gasteiger partial charge in [-0.2, -0.15) is 0 Å². The third kappa shape index (κ3) is 32.1. The van der Waals surface area contributed by atoms with Crippen LogP contribution in [-0.2, 0) is 14.4 Å². The first kappa shape index (κ1) is 33.9.